The lowest BCUT2D eigenvalue weighted by atomic mass is 9.79. The standard InChI is InChI=1S/C15H20N2O3/c18-13-4-2-9(6-14(13)19)15(20)17-12-3-1-10-7-16-8-11(10)5-12/h2,4,6,10-12,16,18-19H,1,3,5,7-8H2,(H,17,20)/t10-,11+,12?/m0/s1. The molecule has 3 rings (SSSR count). The van der Waals surface area contributed by atoms with Gasteiger partial charge in [0.05, 0.1) is 0 Å². The molecule has 2 fully saturated rings. The number of fused-ring (bicyclic) bond motifs is 1. The molecular weight excluding hydrogens is 256 g/mol. The van der Waals surface area contributed by atoms with E-state index in [1.54, 1.807) is 0 Å². The van der Waals surface area contributed by atoms with Crippen LogP contribution in [0.1, 0.15) is 29.6 Å². The van der Waals surface area contributed by atoms with Crippen LogP contribution in [0.15, 0.2) is 18.2 Å². The first-order valence-corrected chi connectivity index (χ1v) is 7.17. The van der Waals surface area contributed by atoms with Gasteiger partial charge >= 0.3 is 0 Å². The summed E-state index contributed by atoms with van der Waals surface area (Å²) >= 11 is 0. The van der Waals surface area contributed by atoms with E-state index in [0.29, 0.717) is 11.5 Å². The van der Waals surface area contributed by atoms with Crippen molar-refractivity contribution in [3.8, 4) is 11.5 Å². The average Bonchev–Trinajstić information content (AvgIpc) is 2.89. The molecule has 1 saturated carbocycles. The summed E-state index contributed by atoms with van der Waals surface area (Å²) < 4.78 is 0. The number of phenolic OH excluding ortho intramolecular Hbond substituents is 2. The minimum Gasteiger partial charge on any atom is -0.504 e. The highest BCUT2D eigenvalue weighted by Crippen LogP contribution is 2.33. The van der Waals surface area contributed by atoms with Crippen molar-refractivity contribution in [2.24, 2.45) is 11.8 Å². The van der Waals surface area contributed by atoms with E-state index in [9.17, 15) is 15.0 Å². The van der Waals surface area contributed by atoms with Gasteiger partial charge in [0.1, 0.15) is 0 Å². The van der Waals surface area contributed by atoms with Crippen LogP contribution in [0.4, 0.5) is 0 Å². The summed E-state index contributed by atoms with van der Waals surface area (Å²) in [5.41, 5.74) is 0.381. The van der Waals surface area contributed by atoms with Crippen molar-refractivity contribution in [2.45, 2.75) is 25.3 Å². The second kappa shape index (κ2) is 5.32. The zero-order valence-corrected chi connectivity index (χ0v) is 11.3. The molecule has 0 spiro atoms. The van der Waals surface area contributed by atoms with E-state index in [2.05, 4.69) is 10.6 Å². The number of phenols is 2. The van der Waals surface area contributed by atoms with Crippen LogP contribution < -0.4 is 10.6 Å². The molecule has 1 saturated heterocycles. The third kappa shape index (κ3) is 2.58. The number of rotatable bonds is 2. The average molecular weight is 276 g/mol. The molecule has 3 atom stereocenters. The molecule has 2 aliphatic rings. The van der Waals surface area contributed by atoms with Crippen molar-refractivity contribution >= 4 is 5.91 Å². The van der Waals surface area contributed by atoms with Gasteiger partial charge in [0, 0.05) is 11.6 Å². The molecule has 5 heteroatoms. The molecule has 1 heterocycles. The molecule has 1 aromatic carbocycles. The van der Waals surface area contributed by atoms with E-state index >= 15 is 0 Å². The predicted molar refractivity (Wildman–Crippen MR) is 74.7 cm³/mol. The second-order valence-corrected chi connectivity index (χ2v) is 5.87. The number of nitrogens with one attached hydrogen (secondary N) is 2. The summed E-state index contributed by atoms with van der Waals surface area (Å²) in [6.07, 6.45) is 3.19. The summed E-state index contributed by atoms with van der Waals surface area (Å²) in [4.78, 5) is 12.1. The minimum absolute atomic E-state index is 0.185. The molecule has 0 aromatic heterocycles. The maximum Gasteiger partial charge on any atom is 0.251 e. The molecule has 0 bridgehead atoms. The molecule has 108 valence electrons. The largest absolute Gasteiger partial charge is 0.504 e. The van der Waals surface area contributed by atoms with Crippen molar-refractivity contribution < 1.29 is 15.0 Å². The number of hydrogen-bond acceptors (Lipinski definition) is 4. The van der Waals surface area contributed by atoms with E-state index in [4.69, 9.17) is 0 Å². The third-order valence-electron chi connectivity index (χ3n) is 4.53. The smallest absolute Gasteiger partial charge is 0.251 e. The molecule has 5 nitrogen and oxygen atoms in total. The first-order valence-electron chi connectivity index (χ1n) is 7.17. The lowest BCUT2D eigenvalue weighted by molar-refractivity contribution is 0.0913. The Hall–Kier alpha value is -1.75. The van der Waals surface area contributed by atoms with Gasteiger partial charge in [0.25, 0.3) is 5.91 Å². The van der Waals surface area contributed by atoms with Crippen LogP contribution >= 0.6 is 0 Å². The summed E-state index contributed by atoms with van der Waals surface area (Å²) in [5, 5.41) is 25.1. The van der Waals surface area contributed by atoms with Crippen molar-refractivity contribution in [1.29, 1.82) is 0 Å². The molecular formula is C15H20N2O3. The first-order chi connectivity index (χ1) is 9.63. The van der Waals surface area contributed by atoms with Crippen LogP contribution in [0.5, 0.6) is 11.5 Å². The van der Waals surface area contributed by atoms with Crippen molar-refractivity contribution in [3.63, 3.8) is 0 Å². The summed E-state index contributed by atoms with van der Waals surface area (Å²) in [7, 11) is 0. The van der Waals surface area contributed by atoms with E-state index in [-0.39, 0.29) is 23.4 Å². The van der Waals surface area contributed by atoms with Gasteiger partial charge in [-0.25, -0.2) is 0 Å². The molecule has 1 aromatic rings. The summed E-state index contributed by atoms with van der Waals surface area (Å²) in [6.45, 7) is 2.16. The Labute approximate surface area is 118 Å². The molecule has 4 N–H and O–H groups in total. The molecule has 1 aliphatic heterocycles. The van der Waals surface area contributed by atoms with Gasteiger partial charge in [-0.05, 0) is 62.4 Å². The Morgan fingerprint density at radius 2 is 1.95 bits per heavy atom. The monoisotopic (exact) mass is 276 g/mol. The third-order valence-corrected chi connectivity index (χ3v) is 4.53. The van der Waals surface area contributed by atoms with Crippen LogP contribution in [0, 0.1) is 11.8 Å². The van der Waals surface area contributed by atoms with Gasteiger partial charge < -0.3 is 20.8 Å². The highest BCUT2D eigenvalue weighted by atomic mass is 16.3. The van der Waals surface area contributed by atoms with E-state index in [1.165, 1.54) is 18.2 Å². The van der Waals surface area contributed by atoms with Crippen molar-refractivity contribution in [3.05, 3.63) is 23.8 Å². The Bertz CT molecular complexity index is 518. The Morgan fingerprint density at radius 1 is 1.15 bits per heavy atom. The topological polar surface area (TPSA) is 81.6 Å². The van der Waals surface area contributed by atoms with E-state index in [1.807, 2.05) is 0 Å². The maximum absolute atomic E-state index is 12.1. The number of carbonyl (C=O) groups excluding carboxylic acids is 1. The molecule has 1 unspecified atom stereocenters. The van der Waals surface area contributed by atoms with Gasteiger partial charge in [-0.3, -0.25) is 4.79 Å². The molecule has 1 amide bonds. The fourth-order valence-electron chi connectivity index (χ4n) is 3.36. The zero-order chi connectivity index (χ0) is 14.1. The number of benzene rings is 1. The minimum atomic E-state index is -0.263. The number of carbonyl (C=O) groups is 1. The fraction of sp³-hybridized carbons (Fsp3) is 0.533. The van der Waals surface area contributed by atoms with Crippen molar-refractivity contribution in [1.82, 2.24) is 10.6 Å². The number of amides is 1. The number of hydrogen-bond donors (Lipinski definition) is 4. The molecule has 1 aliphatic carbocycles. The quantitative estimate of drug-likeness (QED) is 0.612. The zero-order valence-electron chi connectivity index (χ0n) is 11.3. The Balaban J connectivity index is 1.62. The van der Waals surface area contributed by atoms with Crippen LogP contribution in [0.25, 0.3) is 0 Å². The predicted octanol–water partition coefficient (Wildman–Crippen LogP) is 1.22. The van der Waals surface area contributed by atoms with Crippen LogP contribution in [-0.4, -0.2) is 35.3 Å². The van der Waals surface area contributed by atoms with E-state index < -0.39 is 0 Å². The highest BCUT2D eigenvalue weighted by molar-refractivity contribution is 5.95. The van der Waals surface area contributed by atoms with E-state index in [0.717, 1.165) is 38.3 Å². The van der Waals surface area contributed by atoms with Gasteiger partial charge in [0.15, 0.2) is 11.5 Å². The second-order valence-electron chi connectivity index (χ2n) is 5.87. The first kappa shape index (κ1) is 13.2. The van der Waals surface area contributed by atoms with Gasteiger partial charge in [-0.1, -0.05) is 0 Å². The summed E-state index contributed by atoms with van der Waals surface area (Å²) in [6, 6.07) is 4.36. The van der Waals surface area contributed by atoms with Gasteiger partial charge in [-0.2, -0.15) is 0 Å². The highest BCUT2D eigenvalue weighted by Gasteiger charge is 2.34. The lowest BCUT2D eigenvalue weighted by Gasteiger charge is -2.31. The van der Waals surface area contributed by atoms with Gasteiger partial charge in [0.2, 0.25) is 0 Å². The Kier molecular flexibility index (Phi) is 3.53. The SMILES string of the molecule is O=C(NC1CC[C@H]2CNC[C@H]2C1)c1ccc(O)c(O)c1. The van der Waals surface area contributed by atoms with Gasteiger partial charge in [-0.15, -0.1) is 0 Å². The fourth-order valence-corrected chi connectivity index (χ4v) is 3.36. The Morgan fingerprint density at radius 3 is 2.75 bits per heavy atom. The molecule has 0 radical (unpaired) electrons. The lowest BCUT2D eigenvalue weighted by Crippen LogP contribution is -2.40. The van der Waals surface area contributed by atoms with Crippen LogP contribution in [-0.2, 0) is 0 Å². The normalized spacial score (nSPS) is 28.9. The van der Waals surface area contributed by atoms with Crippen molar-refractivity contribution in [2.75, 3.05) is 13.1 Å². The maximum atomic E-state index is 12.1. The number of aromatic hydroxyl groups is 2. The molecule has 20 heavy (non-hydrogen) atoms. The van der Waals surface area contributed by atoms with Crippen LogP contribution in [0.3, 0.4) is 0 Å². The van der Waals surface area contributed by atoms with Crippen LogP contribution in [0.2, 0.25) is 0 Å². The summed E-state index contributed by atoms with van der Waals surface area (Å²) in [5.74, 6) is 0.776.